The average Bonchev–Trinajstić information content (AvgIpc) is 3.47. The third-order valence-electron chi connectivity index (χ3n) is 6.10. The minimum absolute atomic E-state index is 0.163. The van der Waals surface area contributed by atoms with Gasteiger partial charge < -0.3 is 15.0 Å². The molecule has 0 unspecified atom stereocenters. The van der Waals surface area contributed by atoms with E-state index in [0.29, 0.717) is 25.5 Å². The first-order valence-corrected chi connectivity index (χ1v) is 12.5. The quantitative estimate of drug-likeness (QED) is 0.428. The molecule has 1 aliphatic heterocycles. The molecule has 1 fully saturated rings. The molecule has 1 saturated heterocycles. The van der Waals surface area contributed by atoms with Gasteiger partial charge in [0.15, 0.2) is 0 Å². The lowest BCUT2D eigenvalue weighted by atomic mass is 10.1. The molecule has 2 aromatic heterocycles. The Morgan fingerprint density at radius 2 is 1.82 bits per heavy atom. The zero-order valence-corrected chi connectivity index (χ0v) is 19.4. The van der Waals surface area contributed by atoms with Gasteiger partial charge in [-0.05, 0) is 42.2 Å². The summed E-state index contributed by atoms with van der Waals surface area (Å²) in [5.41, 5.74) is 8.88. The number of aromatic nitrogens is 3. The third-order valence-corrected chi connectivity index (χ3v) is 7.57. The minimum Gasteiger partial charge on any atom is -0.457 e. The molecule has 0 spiro atoms. The van der Waals surface area contributed by atoms with Gasteiger partial charge in [0, 0.05) is 36.8 Å². The van der Waals surface area contributed by atoms with Crippen LogP contribution in [0.4, 0.5) is 5.82 Å². The maximum Gasteiger partial charge on any atom is 0.235 e. The first-order chi connectivity index (χ1) is 16.4. The van der Waals surface area contributed by atoms with E-state index in [1.807, 2.05) is 65.4 Å². The highest BCUT2D eigenvalue weighted by molar-refractivity contribution is 7.92. The van der Waals surface area contributed by atoms with Gasteiger partial charge in [-0.2, -0.15) is 4.31 Å². The van der Waals surface area contributed by atoms with Crippen LogP contribution >= 0.6 is 0 Å². The molecule has 1 atom stereocenters. The molecule has 9 heteroatoms. The molecule has 1 aliphatic rings. The van der Waals surface area contributed by atoms with Crippen molar-refractivity contribution in [3.8, 4) is 22.6 Å². The SMILES string of the molecule is C=CS(=O)(=O)N1CC[C@H](Cn2cc(-c3ccc(Oc4ccccc4)cc3)c3c(N)ncnc32)C1. The highest BCUT2D eigenvalue weighted by atomic mass is 32.2. The van der Waals surface area contributed by atoms with Gasteiger partial charge in [0.2, 0.25) is 10.0 Å². The van der Waals surface area contributed by atoms with Crippen molar-refractivity contribution in [3.05, 3.63) is 79.1 Å². The van der Waals surface area contributed by atoms with Crippen LogP contribution in [0.2, 0.25) is 0 Å². The Morgan fingerprint density at radius 3 is 2.56 bits per heavy atom. The fourth-order valence-corrected chi connectivity index (χ4v) is 5.38. The van der Waals surface area contributed by atoms with E-state index in [0.717, 1.165) is 45.5 Å². The Balaban J connectivity index is 1.43. The van der Waals surface area contributed by atoms with Crippen LogP contribution in [-0.2, 0) is 16.6 Å². The number of anilines is 1. The predicted molar refractivity (Wildman–Crippen MR) is 133 cm³/mol. The Labute approximate surface area is 198 Å². The average molecular weight is 476 g/mol. The van der Waals surface area contributed by atoms with Crippen LogP contribution in [0, 0.1) is 5.92 Å². The zero-order valence-electron chi connectivity index (χ0n) is 18.5. The number of benzene rings is 2. The number of hydrogen-bond acceptors (Lipinski definition) is 6. The summed E-state index contributed by atoms with van der Waals surface area (Å²) in [4.78, 5) is 8.68. The fourth-order valence-electron chi connectivity index (χ4n) is 4.39. The third kappa shape index (κ3) is 4.27. The van der Waals surface area contributed by atoms with E-state index >= 15 is 0 Å². The van der Waals surface area contributed by atoms with E-state index in [4.69, 9.17) is 10.5 Å². The van der Waals surface area contributed by atoms with Crippen molar-refractivity contribution in [2.45, 2.75) is 13.0 Å². The van der Waals surface area contributed by atoms with Crippen molar-refractivity contribution in [2.24, 2.45) is 5.92 Å². The second kappa shape index (κ2) is 8.92. The molecule has 0 amide bonds. The number of hydrogen-bond donors (Lipinski definition) is 1. The number of nitrogens with two attached hydrogens (primary N) is 1. The standard InChI is InChI=1S/C25H25N5O3S/c1-2-34(31,32)30-13-12-18(15-30)14-29-16-22(23-24(26)27-17-28-25(23)29)19-8-10-21(11-9-19)33-20-6-4-3-5-7-20/h2-11,16-18H,1,12-15H2,(H2,26,27,28)/t18-/m1/s1. The zero-order chi connectivity index (χ0) is 23.7. The Kier molecular flexibility index (Phi) is 5.80. The summed E-state index contributed by atoms with van der Waals surface area (Å²) >= 11 is 0. The van der Waals surface area contributed by atoms with E-state index in [2.05, 4.69) is 16.5 Å². The molecule has 174 valence electrons. The summed E-state index contributed by atoms with van der Waals surface area (Å²) in [6.45, 7) is 5.00. The van der Waals surface area contributed by atoms with Gasteiger partial charge in [0.1, 0.15) is 29.3 Å². The largest absolute Gasteiger partial charge is 0.457 e. The molecule has 0 radical (unpaired) electrons. The van der Waals surface area contributed by atoms with E-state index in [-0.39, 0.29) is 5.92 Å². The number of nitrogen functional groups attached to an aromatic ring is 1. The predicted octanol–water partition coefficient (Wildman–Crippen LogP) is 4.27. The van der Waals surface area contributed by atoms with Gasteiger partial charge >= 0.3 is 0 Å². The number of nitrogens with zero attached hydrogens (tertiary/aromatic N) is 4. The van der Waals surface area contributed by atoms with Crippen molar-refractivity contribution < 1.29 is 13.2 Å². The van der Waals surface area contributed by atoms with Crippen LogP contribution in [0.25, 0.3) is 22.2 Å². The summed E-state index contributed by atoms with van der Waals surface area (Å²) in [5, 5.41) is 1.80. The molecule has 2 aromatic carbocycles. The van der Waals surface area contributed by atoms with Crippen LogP contribution < -0.4 is 10.5 Å². The molecule has 0 aliphatic carbocycles. The topological polar surface area (TPSA) is 103 Å². The maximum atomic E-state index is 12.1. The first-order valence-electron chi connectivity index (χ1n) is 11.0. The Bertz CT molecular complexity index is 1430. The molecule has 34 heavy (non-hydrogen) atoms. The smallest absolute Gasteiger partial charge is 0.235 e. The molecule has 2 N–H and O–H groups in total. The lowest BCUT2D eigenvalue weighted by Gasteiger charge is -2.14. The molecule has 5 rings (SSSR count). The van der Waals surface area contributed by atoms with Crippen molar-refractivity contribution in [1.29, 1.82) is 0 Å². The van der Waals surface area contributed by atoms with Gasteiger partial charge in [-0.1, -0.05) is 36.9 Å². The second-order valence-corrected chi connectivity index (χ2v) is 10.2. The molecule has 3 heterocycles. The highest BCUT2D eigenvalue weighted by Crippen LogP contribution is 2.35. The summed E-state index contributed by atoms with van der Waals surface area (Å²) in [6.07, 6.45) is 4.25. The monoisotopic (exact) mass is 475 g/mol. The van der Waals surface area contributed by atoms with E-state index in [1.165, 1.54) is 10.6 Å². The maximum absolute atomic E-state index is 12.1. The number of sulfonamides is 1. The van der Waals surface area contributed by atoms with Gasteiger partial charge in [0.05, 0.1) is 5.39 Å². The summed E-state index contributed by atoms with van der Waals surface area (Å²) in [7, 11) is -3.41. The summed E-state index contributed by atoms with van der Waals surface area (Å²) in [5.74, 6) is 2.08. The lowest BCUT2D eigenvalue weighted by Crippen LogP contribution is -2.27. The molecule has 4 aromatic rings. The molecular weight excluding hydrogens is 450 g/mol. The second-order valence-electron chi connectivity index (χ2n) is 8.32. The van der Waals surface area contributed by atoms with Crippen LogP contribution in [0.3, 0.4) is 0 Å². The highest BCUT2D eigenvalue weighted by Gasteiger charge is 2.30. The number of para-hydroxylation sites is 1. The normalized spacial score (nSPS) is 16.6. The molecule has 0 saturated carbocycles. The van der Waals surface area contributed by atoms with Crippen molar-refractivity contribution in [2.75, 3.05) is 18.8 Å². The van der Waals surface area contributed by atoms with Crippen LogP contribution in [0.1, 0.15) is 6.42 Å². The number of ether oxygens (including phenoxy) is 1. The van der Waals surface area contributed by atoms with Crippen LogP contribution in [-0.4, -0.2) is 40.3 Å². The van der Waals surface area contributed by atoms with Gasteiger partial charge in [-0.15, -0.1) is 0 Å². The van der Waals surface area contributed by atoms with Gasteiger partial charge in [-0.25, -0.2) is 18.4 Å². The fraction of sp³-hybridized carbons (Fsp3) is 0.200. The van der Waals surface area contributed by atoms with Crippen LogP contribution in [0.15, 0.2) is 79.1 Å². The number of fused-ring (bicyclic) bond motifs is 1. The van der Waals surface area contributed by atoms with Gasteiger partial charge in [-0.3, -0.25) is 0 Å². The van der Waals surface area contributed by atoms with E-state index < -0.39 is 10.0 Å². The summed E-state index contributed by atoms with van der Waals surface area (Å²) in [6, 6.07) is 17.4. The van der Waals surface area contributed by atoms with Crippen molar-refractivity contribution in [1.82, 2.24) is 18.8 Å². The molecule has 8 nitrogen and oxygen atoms in total. The van der Waals surface area contributed by atoms with Crippen LogP contribution in [0.5, 0.6) is 11.5 Å². The first kappa shape index (κ1) is 22.1. The summed E-state index contributed by atoms with van der Waals surface area (Å²) < 4.78 is 33.7. The van der Waals surface area contributed by atoms with E-state index in [9.17, 15) is 8.42 Å². The minimum atomic E-state index is -3.41. The molecule has 0 bridgehead atoms. The Morgan fingerprint density at radius 1 is 1.09 bits per heavy atom. The Hall–Kier alpha value is -3.69. The van der Waals surface area contributed by atoms with Gasteiger partial charge in [0.25, 0.3) is 0 Å². The van der Waals surface area contributed by atoms with Crippen molar-refractivity contribution >= 4 is 26.9 Å². The van der Waals surface area contributed by atoms with E-state index in [1.54, 1.807) is 0 Å². The number of rotatable bonds is 7. The van der Waals surface area contributed by atoms with Crippen molar-refractivity contribution in [3.63, 3.8) is 0 Å². The molecular formula is C25H25N5O3S. The lowest BCUT2D eigenvalue weighted by molar-refractivity contribution is 0.437.